The number of anilines is 1. The fraction of sp³-hybridized carbons (Fsp3) is 0.429. The van der Waals surface area contributed by atoms with Gasteiger partial charge in [-0.15, -0.1) is 0 Å². The summed E-state index contributed by atoms with van der Waals surface area (Å²) in [5.41, 5.74) is 0.367. The molecule has 1 aromatic rings. The van der Waals surface area contributed by atoms with Crippen molar-refractivity contribution in [2.45, 2.75) is 18.9 Å². The largest absolute Gasteiger partial charge is 0.478 e. The van der Waals surface area contributed by atoms with E-state index in [-0.39, 0.29) is 24.1 Å². The Balaban J connectivity index is 1.89. The summed E-state index contributed by atoms with van der Waals surface area (Å²) in [6.45, 7) is 1.49. The molecule has 6 nitrogen and oxygen atoms in total. The Morgan fingerprint density at radius 1 is 1.43 bits per heavy atom. The Morgan fingerprint density at radius 3 is 2.90 bits per heavy atom. The molecule has 21 heavy (non-hydrogen) atoms. The van der Waals surface area contributed by atoms with Crippen LogP contribution in [0, 0.1) is 0 Å². The molecule has 1 unspecified atom stereocenters. The van der Waals surface area contributed by atoms with E-state index in [0.29, 0.717) is 17.3 Å². The number of halogens is 1. The van der Waals surface area contributed by atoms with Crippen LogP contribution in [-0.2, 0) is 9.53 Å². The second-order valence-electron chi connectivity index (χ2n) is 4.84. The molecule has 1 aromatic carbocycles. The van der Waals surface area contributed by atoms with Gasteiger partial charge in [0.1, 0.15) is 0 Å². The second-order valence-corrected chi connectivity index (χ2v) is 5.25. The van der Waals surface area contributed by atoms with E-state index in [9.17, 15) is 9.59 Å². The number of carbonyl (C=O) groups is 2. The molecule has 0 saturated carbocycles. The molecule has 0 aliphatic carbocycles. The molecular weight excluding hydrogens is 296 g/mol. The second kappa shape index (κ2) is 7.40. The maximum absolute atomic E-state index is 11.9. The van der Waals surface area contributed by atoms with Gasteiger partial charge in [0.05, 0.1) is 29.4 Å². The lowest BCUT2D eigenvalue weighted by Gasteiger charge is -2.22. The Hall–Kier alpha value is -1.63. The summed E-state index contributed by atoms with van der Waals surface area (Å²) in [4.78, 5) is 22.8. The number of benzene rings is 1. The van der Waals surface area contributed by atoms with E-state index in [2.05, 4.69) is 10.6 Å². The number of carboxylic acids is 1. The molecule has 1 heterocycles. The number of carbonyl (C=O) groups excluding carboxylic acids is 1. The summed E-state index contributed by atoms with van der Waals surface area (Å²) in [5.74, 6) is -1.34. The van der Waals surface area contributed by atoms with Crippen LogP contribution in [0.1, 0.15) is 23.2 Å². The SMILES string of the molecule is O=C(CNC1CCCOC1)Nc1cc(C(=O)O)ccc1Cl. The maximum Gasteiger partial charge on any atom is 0.335 e. The van der Waals surface area contributed by atoms with E-state index < -0.39 is 5.97 Å². The van der Waals surface area contributed by atoms with E-state index >= 15 is 0 Å². The van der Waals surface area contributed by atoms with Crippen LogP contribution in [0.4, 0.5) is 5.69 Å². The molecule has 1 amide bonds. The van der Waals surface area contributed by atoms with Crippen molar-refractivity contribution in [1.82, 2.24) is 5.32 Å². The quantitative estimate of drug-likeness (QED) is 0.771. The lowest BCUT2D eigenvalue weighted by molar-refractivity contribution is -0.115. The third-order valence-electron chi connectivity index (χ3n) is 3.20. The van der Waals surface area contributed by atoms with Gasteiger partial charge >= 0.3 is 5.97 Å². The highest BCUT2D eigenvalue weighted by Gasteiger charge is 2.15. The topological polar surface area (TPSA) is 87.7 Å². The van der Waals surface area contributed by atoms with Crippen LogP contribution in [0.2, 0.25) is 5.02 Å². The molecule has 1 aliphatic rings. The normalized spacial score (nSPS) is 18.2. The van der Waals surface area contributed by atoms with Gasteiger partial charge in [0.15, 0.2) is 0 Å². The fourth-order valence-electron chi connectivity index (χ4n) is 2.09. The number of aromatic carboxylic acids is 1. The first kappa shape index (κ1) is 15.8. The summed E-state index contributed by atoms with van der Waals surface area (Å²) in [6, 6.07) is 4.35. The highest BCUT2D eigenvalue weighted by molar-refractivity contribution is 6.33. The van der Waals surface area contributed by atoms with Crippen LogP contribution in [-0.4, -0.2) is 42.8 Å². The molecule has 0 aromatic heterocycles. The predicted octanol–water partition coefficient (Wildman–Crippen LogP) is 1.75. The number of carboxylic acid groups (broad SMARTS) is 1. The van der Waals surface area contributed by atoms with E-state index in [1.165, 1.54) is 18.2 Å². The van der Waals surface area contributed by atoms with Crippen molar-refractivity contribution < 1.29 is 19.4 Å². The van der Waals surface area contributed by atoms with E-state index in [1.54, 1.807) is 0 Å². The standard InChI is InChI=1S/C14H17ClN2O4/c15-11-4-3-9(14(19)20)6-12(11)17-13(18)7-16-10-2-1-5-21-8-10/h3-4,6,10,16H,1-2,5,7-8H2,(H,17,18)(H,19,20). The van der Waals surface area contributed by atoms with Crippen molar-refractivity contribution in [2.24, 2.45) is 0 Å². The lowest BCUT2D eigenvalue weighted by Crippen LogP contribution is -2.41. The van der Waals surface area contributed by atoms with E-state index in [0.717, 1.165) is 19.4 Å². The van der Waals surface area contributed by atoms with Crippen molar-refractivity contribution in [1.29, 1.82) is 0 Å². The predicted molar refractivity (Wildman–Crippen MR) is 78.9 cm³/mol. The number of rotatable bonds is 5. The molecule has 0 bridgehead atoms. The summed E-state index contributed by atoms with van der Waals surface area (Å²) in [6.07, 6.45) is 1.95. The fourth-order valence-corrected chi connectivity index (χ4v) is 2.25. The molecule has 2 rings (SSSR count). The number of amides is 1. The van der Waals surface area contributed by atoms with Gasteiger partial charge in [-0.05, 0) is 31.0 Å². The monoisotopic (exact) mass is 312 g/mol. The van der Waals surface area contributed by atoms with Crippen molar-refractivity contribution >= 4 is 29.2 Å². The van der Waals surface area contributed by atoms with Crippen molar-refractivity contribution in [3.05, 3.63) is 28.8 Å². The van der Waals surface area contributed by atoms with Crippen LogP contribution in [0.15, 0.2) is 18.2 Å². The van der Waals surface area contributed by atoms with Crippen molar-refractivity contribution in [3.63, 3.8) is 0 Å². The number of ether oxygens (including phenoxy) is 1. The van der Waals surface area contributed by atoms with E-state index in [4.69, 9.17) is 21.4 Å². The average molecular weight is 313 g/mol. The minimum absolute atomic E-state index is 0.0725. The Labute approximate surface area is 127 Å². The molecule has 3 N–H and O–H groups in total. The first-order valence-corrected chi connectivity index (χ1v) is 7.08. The summed E-state index contributed by atoms with van der Waals surface area (Å²) in [7, 11) is 0. The Morgan fingerprint density at radius 2 is 2.24 bits per heavy atom. The highest BCUT2D eigenvalue weighted by Crippen LogP contribution is 2.23. The lowest BCUT2D eigenvalue weighted by atomic mass is 10.1. The van der Waals surface area contributed by atoms with Gasteiger partial charge in [-0.3, -0.25) is 4.79 Å². The number of hydrogen-bond acceptors (Lipinski definition) is 4. The van der Waals surface area contributed by atoms with Gasteiger partial charge in [0, 0.05) is 12.6 Å². The zero-order chi connectivity index (χ0) is 15.2. The molecule has 1 atom stereocenters. The summed E-state index contributed by atoms with van der Waals surface area (Å²) < 4.78 is 5.31. The summed E-state index contributed by atoms with van der Waals surface area (Å²) in [5, 5.41) is 14.9. The molecule has 0 radical (unpaired) electrons. The number of hydrogen-bond donors (Lipinski definition) is 3. The molecule has 0 spiro atoms. The van der Waals surface area contributed by atoms with Crippen molar-refractivity contribution in [3.8, 4) is 0 Å². The van der Waals surface area contributed by atoms with Gasteiger partial charge in [0.2, 0.25) is 5.91 Å². The van der Waals surface area contributed by atoms with Crippen LogP contribution in [0.5, 0.6) is 0 Å². The molecule has 114 valence electrons. The molecular formula is C14H17ClN2O4. The van der Waals surface area contributed by atoms with Gasteiger partial charge in [-0.25, -0.2) is 4.79 Å². The average Bonchev–Trinajstić information content (AvgIpc) is 2.48. The molecule has 1 fully saturated rings. The molecule has 1 saturated heterocycles. The molecule has 1 aliphatic heterocycles. The smallest absolute Gasteiger partial charge is 0.335 e. The van der Waals surface area contributed by atoms with Gasteiger partial charge in [-0.1, -0.05) is 11.6 Å². The van der Waals surface area contributed by atoms with Crippen LogP contribution in [0.25, 0.3) is 0 Å². The van der Waals surface area contributed by atoms with Gasteiger partial charge < -0.3 is 20.5 Å². The third kappa shape index (κ3) is 4.70. The van der Waals surface area contributed by atoms with Gasteiger partial charge in [-0.2, -0.15) is 0 Å². The summed E-state index contributed by atoms with van der Waals surface area (Å²) >= 11 is 5.95. The van der Waals surface area contributed by atoms with Gasteiger partial charge in [0.25, 0.3) is 0 Å². The van der Waals surface area contributed by atoms with E-state index in [1.807, 2.05) is 0 Å². The Bertz CT molecular complexity index is 530. The van der Waals surface area contributed by atoms with Crippen LogP contribution < -0.4 is 10.6 Å². The maximum atomic E-state index is 11.9. The van der Waals surface area contributed by atoms with Crippen LogP contribution in [0.3, 0.4) is 0 Å². The Kier molecular flexibility index (Phi) is 5.55. The minimum atomic E-state index is -1.07. The first-order chi connectivity index (χ1) is 10.1. The minimum Gasteiger partial charge on any atom is -0.478 e. The molecule has 7 heteroatoms. The number of nitrogens with one attached hydrogen (secondary N) is 2. The zero-order valence-corrected chi connectivity index (χ0v) is 12.2. The van der Waals surface area contributed by atoms with Crippen molar-refractivity contribution in [2.75, 3.05) is 25.1 Å². The van der Waals surface area contributed by atoms with Crippen LogP contribution >= 0.6 is 11.6 Å². The third-order valence-corrected chi connectivity index (χ3v) is 3.53. The zero-order valence-electron chi connectivity index (χ0n) is 11.4. The highest BCUT2D eigenvalue weighted by atomic mass is 35.5. The first-order valence-electron chi connectivity index (χ1n) is 6.70.